The van der Waals surface area contributed by atoms with Gasteiger partial charge in [0.2, 0.25) is 5.91 Å². The molecule has 5 rings (SSSR count). The Hall–Kier alpha value is -2.83. The lowest BCUT2D eigenvalue weighted by molar-refractivity contribution is -0.138. The maximum absolute atomic E-state index is 14.7. The Morgan fingerprint density at radius 2 is 1.44 bits per heavy atom. The molecule has 0 radical (unpaired) electrons. The molecule has 0 saturated heterocycles. The van der Waals surface area contributed by atoms with Crippen molar-refractivity contribution in [3.63, 3.8) is 0 Å². The van der Waals surface area contributed by atoms with Crippen molar-refractivity contribution < 1.29 is 18.0 Å². The van der Waals surface area contributed by atoms with E-state index in [1.807, 2.05) is 18.2 Å². The van der Waals surface area contributed by atoms with Crippen LogP contribution in [0, 0.1) is 17.5 Å². The number of rotatable bonds is 5. The number of amides is 1. The lowest BCUT2D eigenvalue weighted by atomic mass is 9.88. The van der Waals surface area contributed by atoms with Crippen molar-refractivity contribution in [2.45, 2.75) is 82.8 Å². The maximum atomic E-state index is 14.7. The summed E-state index contributed by atoms with van der Waals surface area (Å²) < 4.78 is 44.1. The number of hydrogen-bond donors (Lipinski definition) is 0. The number of imidazole rings is 1. The normalized spacial score (nSPS) is 17.9. The topological polar surface area (TPSA) is 38.1 Å². The fourth-order valence-electron chi connectivity index (χ4n) is 5.78. The second kappa shape index (κ2) is 9.80. The third kappa shape index (κ3) is 4.44. The smallest absolute Gasteiger partial charge is 0.243 e. The molecule has 0 aliphatic heterocycles. The van der Waals surface area contributed by atoms with E-state index >= 15 is 0 Å². The van der Waals surface area contributed by atoms with Gasteiger partial charge in [-0.2, -0.15) is 0 Å². The zero-order valence-electron chi connectivity index (χ0n) is 19.3. The number of aromatic nitrogens is 2. The predicted molar refractivity (Wildman–Crippen MR) is 126 cm³/mol. The summed E-state index contributed by atoms with van der Waals surface area (Å²) in [6.07, 6.45) is 11.0. The Labute approximate surface area is 197 Å². The van der Waals surface area contributed by atoms with E-state index in [1.165, 1.54) is 12.8 Å². The average molecular weight is 470 g/mol. The minimum Gasteiger partial charge on any atom is -0.335 e. The van der Waals surface area contributed by atoms with Crippen LogP contribution in [-0.2, 0) is 11.3 Å². The Bertz CT molecular complexity index is 1160. The van der Waals surface area contributed by atoms with Crippen LogP contribution in [-0.4, -0.2) is 32.4 Å². The first-order valence-electron chi connectivity index (χ1n) is 12.4. The highest BCUT2D eigenvalue weighted by Crippen LogP contribution is 2.32. The summed E-state index contributed by atoms with van der Waals surface area (Å²) in [5.74, 6) is -3.17. The summed E-state index contributed by atoms with van der Waals surface area (Å²) in [7, 11) is 0. The van der Waals surface area contributed by atoms with Crippen molar-refractivity contribution in [2.75, 3.05) is 0 Å². The van der Waals surface area contributed by atoms with Gasteiger partial charge in [-0.25, -0.2) is 18.2 Å². The highest BCUT2D eigenvalue weighted by molar-refractivity contribution is 5.85. The molecular weight excluding hydrogens is 439 g/mol. The first-order valence-corrected chi connectivity index (χ1v) is 12.4. The number of para-hydroxylation sites is 2. The molecule has 0 spiro atoms. The van der Waals surface area contributed by atoms with E-state index < -0.39 is 17.5 Å². The molecule has 3 aromatic rings. The molecule has 34 heavy (non-hydrogen) atoms. The first-order chi connectivity index (χ1) is 16.5. The van der Waals surface area contributed by atoms with Crippen LogP contribution >= 0.6 is 0 Å². The van der Waals surface area contributed by atoms with E-state index in [1.54, 1.807) is 10.6 Å². The molecule has 2 aliphatic carbocycles. The van der Waals surface area contributed by atoms with E-state index in [4.69, 9.17) is 0 Å². The molecule has 1 aromatic heterocycles. The third-order valence-electron chi connectivity index (χ3n) is 7.42. The van der Waals surface area contributed by atoms with Gasteiger partial charge in [-0.3, -0.25) is 4.79 Å². The predicted octanol–water partition coefficient (Wildman–Crippen LogP) is 6.61. The molecule has 2 aliphatic rings. The molecule has 4 nitrogen and oxygen atoms in total. The number of nitrogens with zero attached hydrogens (tertiary/aromatic N) is 3. The second-order valence-electron chi connectivity index (χ2n) is 9.64. The number of benzene rings is 2. The van der Waals surface area contributed by atoms with Gasteiger partial charge in [0.15, 0.2) is 11.6 Å². The van der Waals surface area contributed by atoms with Crippen molar-refractivity contribution in [2.24, 2.45) is 0 Å². The summed E-state index contributed by atoms with van der Waals surface area (Å²) in [4.78, 5) is 20.5. The van der Waals surface area contributed by atoms with Crippen LogP contribution in [0.1, 0.15) is 64.2 Å². The number of hydrogen-bond acceptors (Lipinski definition) is 2. The van der Waals surface area contributed by atoms with Gasteiger partial charge in [-0.15, -0.1) is 0 Å². The first kappa shape index (κ1) is 22.9. The molecule has 2 aromatic carbocycles. The van der Waals surface area contributed by atoms with Gasteiger partial charge in [0.05, 0.1) is 16.6 Å². The lowest BCUT2D eigenvalue weighted by Crippen LogP contribution is -2.50. The fourth-order valence-corrected chi connectivity index (χ4v) is 5.78. The third-order valence-corrected chi connectivity index (χ3v) is 7.42. The molecule has 180 valence electrons. The standard InChI is InChI=1S/C27H30F3N3O/c28-21-16-23(30)22(29)15-20(21)27-31-24-13-7-8-14-25(24)32(27)17-26(34)33(18-9-3-1-4-10-18)19-11-5-2-6-12-19/h7-8,13-16,18-19H,1-6,9-12,17H2. The summed E-state index contributed by atoms with van der Waals surface area (Å²) in [5, 5.41) is 0. The van der Waals surface area contributed by atoms with Crippen LogP contribution in [0.3, 0.4) is 0 Å². The summed E-state index contributed by atoms with van der Waals surface area (Å²) >= 11 is 0. The van der Waals surface area contributed by atoms with Gasteiger partial charge in [0, 0.05) is 18.2 Å². The highest BCUT2D eigenvalue weighted by atomic mass is 19.2. The van der Waals surface area contributed by atoms with Crippen molar-refractivity contribution in [3.8, 4) is 11.4 Å². The van der Waals surface area contributed by atoms with Gasteiger partial charge >= 0.3 is 0 Å². The van der Waals surface area contributed by atoms with Crippen molar-refractivity contribution in [3.05, 3.63) is 53.8 Å². The second-order valence-corrected chi connectivity index (χ2v) is 9.64. The molecule has 1 amide bonds. The number of carbonyl (C=O) groups is 1. The maximum Gasteiger partial charge on any atom is 0.243 e. The fraction of sp³-hybridized carbons (Fsp3) is 0.481. The van der Waals surface area contributed by atoms with E-state index in [2.05, 4.69) is 9.88 Å². The Morgan fingerprint density at radius 3 is 2.09 bits per heavy atom. The van der Waals surface area contributed by atoms with Crippen LogP contribution in [0.5, 0.6) is 0 Å². The number of fused-ring (bicyclic) bond motifs is 1. The number of halogens is 3. The zero-order chi connectivity index (χ0) is 23.7. The summed E-state index contributed by atoms with van der Waals surface area (Å²) in [6, 6.07) is 9.05. The van der Waals surface area contributed by atoms with Crippen LogP contribution in [0.4, 0.5) is 13.2 Å². The van der Waals surface area contributed by atoms with Crippen LogP contribution in [0.2, 0.25) is 0 Å². The van der Waals surface area contributed by atoms with Gasteiger partial charge < -0.3 is 9.47 Å². The monoisotopic (exact) mass is 469 g/mol. The Morgan fingerprint density at radius 1 is 0.853 bits per heavy atom. The van der Waals surface area contributed by atoms with E-state index in [-0.39, 0.29) is 35.9 Å². The largest absolute Gasteiger partial charge is 0.335 e. The molecule has 2 fully saturated rings. The van der Waals surface area contributed by atoms with E-state index in [0.717, 1.165) is 57.4 Å². The van der Waals surface area contributed by atoms with Crippen molar-refractivity contribution in [1.82, 2.24) is 14.5 Å². The molecule has 0 atom stereocenters. The molecule has 0 bridgehead atoms. The Balaban J connectivity index is 1.55. The van der Waals surface area contributed by atoms with Crippen molar-refractivity contribution in [1.29, 1.82) is 0 Å². The van der Waals surface area contributed by atoms with Crippen LogP contribution < -0.4 is 0 Å². The van der Waals surface area contributed by atoms with Crippen LogP contribution in [0.15, 0.2) is 36.4 Å². The zero-order valence-corrected chi connectivity index (χ0v) is 19.3. The van der Waals surface area contributed by atoms with Crippen LogP contribution in [0.25, 0.3) is 22.4 Å². The molecule has 0 unspecified atom stereocenters. The molecule has 1 heterocycles. The summed E-state index contributed by atoms with van der Waals surface area (Å²) in [5.41, 5.74) is 1.10. The van der Waals surface area contributed by atoms with E-state index in [9.17, 15) is 18.0 Å². The quantitative estimate of drug-likeness (QED) is 0.394. The van der Waals surface area contributed by atoms with Gasteiger partial charge in [0.25, 0.3) is 0 Å². The highest BCUT2D eigenvalue weighted by Gasteiger charge is 2.33. The number of carbonyl (C=O) groups excluding carboxylic acids is 1. The van der Waals surface area contributed by atoms with Crippen molar-refractivity contribution >= 4 is 16.9 Å². The van der Waals surface area contributed by atoms with E-state index in [0.29, 0.717) is 17.1 Å². The van der Waals surface area contributed by atoms with Gasteiger partial charge in [-0.1, -0.05) is 50.7 Å². The Kier molecular flexibility index (Phi) is 6.61. The summed E-state index contributed by atoms with van der Waals surface area (Å²) in [6.45, 7) is -0.0126. The van der Waals surface area contributed by atoms with Gasteiger partial charge in [0.1, 0.15) is 18.2 Å². The molecular formula is C27H30F3N3O. The molecule has 2 saturated carbocycles. The van der Waals surface area contributed by atoms with Gasteiger partial charge in [-0.05, 0) is 43.9 Å². The minimum atomic E-state index is -1.25. The average Bonchev–Trinajstić information content (AvgIpc) is 3.21. The molecule has 0 N–H and O–H groups in total. The minimum absolute atomic E-state index is 0.00815. The SMILES string of the molecule is O=C(Cn1c(-c2cc(F)c(F)cc2F)nc2ccccc21)N(C1CCCCC1)C1CCCCC1. The lowest BCUT2D eigenvalue weighted by Gasteiger charge is -2.42. The molecule has 7 heteroatoms.